The van der Waals surface area contributed by atoms with Gasteiger partial charge in [0.2, 0.25) is 0 Å². The fourth-order valence-electron chi connectivity index (χ4n) is 3.37. The number of rotatable bonds is 6. The number of benzene rings is 3. The van der Waals surface area contributed by atoms with Crippen molar-refractivity contribution in [3.8, 4) is 43.7 Å². The van der Waals surface area contributed by atoms with Crippen LogP contribution < -0.4 is 0 Å². The molecule has 0 bridgehead atoms. The molecule has 0 amide bonds. The molecule has 2 heterocycles. The number of non-ortho nitro benzene ring substituents is 2. The Bertz CT molecular complexity index is 1400. The summed E-state index contributed by atoms with van der Waals surface area (Å²) >= 11 is 3.00. The predicted molar refractivity (Wildman–Crippen MR) is 133 cm³/mol. The van der Waals surface area contributed by atoms with Crippen LogP contribution in [0.5, 0.6) is 0 Å². The third kappa shape index (κ3) is 4.32. The SMILES string of the molecule is O=[N+]([O-])c1ccc(-c2csc(-c3cccc(-c4nc(-c5ccc([N+](=O)[O-])cc5)cs4)c3)n2)cc1. The summed E-state index contributed by atoms with van der Waals surface area (Å²) < 4.78 is 0. The molecule has 0 aliphatic rings. The highest BCUT2D eigenvalue weighted by Crippen LogP contribution is 2.34. The molecular weight excluding hydrogens is 472 g/mol. The molecule has 8 nitrogen and oxygen atoms in total. The summed E-state index contributed by atoms with van der Waals surface area (Å²) in [6.07, 6.45) is 0. The Hall–Kier alpha value is -4.28. The first-order chi connectivity index (χ1) is 16.5. The highest BCUT2D eigenvalue weighted by molar-refractivity contribution is 7.14. The van der Waals surface area contributed by atoms with Crippen LogP contribution in [-0.2, 0) is 0 Å². The zero-order chi connectivity index (χ0) is 23.7. The number of nitrogens with zero attached hydrogens (tertiary/aromatic N) is 4. The Morgan fingerprint density at radius 2 is 1.00 bits per heavy atom. The normalized spacial score (nSPS) is 10.8. The molecule has 0 atom stereocenters. The number of nitro groups is 2. The van der Waals surface area contributed by atoms with E-state index in [1.807, 2.05) is 35.0 Å². The summed E-state index contributed by atoms with van der Waals surface area (Å²) in [4.78, 5) is 30.3. The first-order valence-electron chi connectivity index (χ1n) is 9.99. The predicted octanol–water partition coefficient (Wildman–Crippen LogP) is 7.08. The topological polar surface area (TPSA) is 112 Å². The van der Waals surface area contributed by atoms with Crippen LogP contribution in [-0.4, -0.2) is 19.8 Å². The maximum absolute atomic E-state index is 10.9. The van der Waals surface area contributed by atoms with Gasteiger partial charge in [0.1, 0.15) is 10.0 Å². The Kier molecular flexibility index (Phi) is 5.66. The van der Waals surface area contributed by atoms with Crippen LogP contribution in [0.2, 0.25) is 0 Å². The lowest BCUT2D eigenvalue weighted by Crippen LogP contribution is -1.87. The molecule has 3 aromatic carbocycles. The summed E-state index contributed by atoms with van der Waals surface area (Å²) in [6.45, 7) is 0. The van der Waals surface area contributed by atoms with Crippen molar-refractivity contribution in [2.24, 2.45) is 0 Å². The first kappa shape index (κ1) is 21.6. The second kappa shape index (κ2) is 8.93. The van der Waals surface area contributed by atoms with Crippen molar-refractivity contribution in [1.82, 2.24) is 9.97 Å². The summed E-state index contributed by atoms with van der Waals surface area (Å²) in [5, 5.41) is 27.3. The van der Waals surface area contributed by atoms with E-state index in [1.165, 1.54) is 46.9 Å². The molecule has 0 unspecified atom stereocenters. The minimum Gasteiger partial charge on any atom is -0.258 e. The van der Waals surface area contributed by atoms with Crippen molar-refractivity contribution >= 4 is 34.0 Å². The Balaban J connectivity index is 1.39. The van der Waals surface area contributed by atoms with E-state index in [0.717, 1.165) is 43.7 Å². The zero-order valence-electron chi connectivity index (χ0n) is 17.3. The number of nitro benzene ring substituents is 2. The molecular formula is C24H14N4O4S2. The first-order valence-corrected chi connectivity index (χ1v) is 11.8. The number of aromatic nitrogens is 2. The van der Waals surface area contributed by atoms with Crippen LogP contribution in [0.15, 0.2) is 83.6 Å². The van der Waals surface area contributed by atoms with Crippen LogP contribution in [0.1, 0.15) is 0 Å². The Labute approximate surface area is 201 Å². The van der Waals surface area contributed by atoms with E-state index in [4.69, 9.17) is 9.97 Å². The maximum atomic E-state index is 10.9. The van der Waals surface area contributed by atoms with Gasteiger partial charge in [-0.3, -0.25) is 20.2 Å². The third-order valence-corrected chi connectivity index (χ3v) is 6.90. The lowest BCUT2D eigenvalue weighted by Gasteiger charge is -2.01. The van der Waals surface area contributed by atoms with Gasteiger partial charge >= 0.3 is 0 Å². The molecule has 0 saturated carbocycles. The second-order valence-corrected chi connectivity index (χ2v) is 8.98. The van der Waals surface area contributed by atoms with Gasteiger partial charge in [0.15, 0.2) is 0 Å². The second-order valence-electron chi connectivity index (χ2n) is 7.26. The van der Waals surface area contributed by atoms with E-state index in [1.54, 1.807) is 24.3 Å². The standard InChI is InChI=1S/C24H14N4O4S2/c29-27(30)19-8-4-15(5-9-19)21-13-33-23(25-21)17-2-1-3-18(12-17)24-26-22(14-34-24)16-6-10-20(11-7-16)28(31)32/h1-14H. The van der Waals surface area contributed by atoms with Crippen molar-refractivity contribution in [1.29, 1.82) is 0 Å². The van der Waals surface area contributed by atoms with E-state index in [2.05, 4.69) is 0 Å². The van der Waals surface area contributed by atoms with Gasteiger partial charge in [-0.05, 0) is 30.3 Å². The maximum Gasteiger partial charge on any atom is 0.269 e. The van der Waals surface area contributed by atoms with Crippen molar-refractivity contribution in [3.63, 3.8) is 0 Å². The fourth-order valence-corrected chi connectivity index (χ4v) is 5.02. The molecule has 10 heteroatoms. The van der Waals surface area contributed by atoms with Crippen LogP contribution >= 0.6 is 22.7 Å². The molecule has 5 rings (SSSR count). The van der Waals surface area contributed by atoms with E-state index in [9.17, 15) is 20.2 Å². The van der Waals surface area contributed by atoms with Crippen molar-refractivity contribution < 1.29 is 9.85 Å². The third-order valence-electron chi connectivity index (χ3n) is 5.11. The lowest BCUT2D eigenvalue weighted by atomic mass is 10.1. The monoisotopic (exact) mass is 486 g/mol. The van der Waals surface area contributed by atoms with Crippen molar-refractivity contribution in [2.45, 2.75) is 0 Å². The molecule has 166 valence electrons. The minimum atomic E-state index is -0.423. The molecule has 0 aliphatic carbocycles. The molecule has 34 heavy (non-hydrogen) atoms. The molecule has 0 fully saturated rings. The molecule has 0 N–H and O–H groups in total. The highest BCUT2D eigenvalue weighted by atomic mass is 32.1. The van der Waals surface area contributed by atoms with Gasteiger partial charge in [0.25, 0.3) is 11.4 Å². The summed E-state index contributed by atoms with van der Waals surface area (Å²) in [6, 6.07) is 20.6. The average molecular weight is 487 g/mol. The summed E-state index contributed by atoms with van der Waals surface area (Å²) in [7, 11) is 0. The van der Waals surface area contributed by atoms with Gasteiger partial charge < -0.3 is 0 Å². The van der Waals surface area contributed by atoms with Crippen molar-refractivity contribution in [3.05, 3.63) is 104 Å². The van der Waals surface area contributed by atoms with E-state index in [-0.39, 0.29) is 11.4 Å². The Morgan fingerprint density at radius 3 is 1.38 bits per heavy atom. The zero-order valence-corrected chi connectivity index (χ0v) is 19.0. The number of hydrogen-bond donors (Lipinski definition) is 0. The smallest absolute Gasteiger partial charge is 0.258 e. The van der Waals surface area contributed by atoms with Crippen LogP contribution in [0.4, 0.5) is 11.4 Å². The summed E-state index contributed by atoms with van der Waals surface area (Å²) in [5.74, 6) is 0. The van der Waals surface area contributed by atoms with Gasteiger partial charge in [-0.1, -0.05) is 18.2 Å². The molecule has 0 aliphatic heterocycles. The molecule has 0 radical (unpaired) electrons. The largest absolute Gasteiger partial charge is 0.269 e. The van der Waals surface area contributed by atoms with Crippen LogP contribution in [0, 0.1) is 20.2 Å². The van der Waals surface area contributed by atoms with E-state index >= 15 is 0 Å². The van der Waals surface area contributed by atoms with Gasteiger partial charge in [-0.2, -0.15) is 0 Å². The quantitative estimate of drug-likeness (QED) is 0.187. The minimum absolute atomic E-state index is 0.0449. The van der Waals surface area contributed by atoms with Gasteiger partial charge in [-0.15, -0.1) is 22.7 Å². The highest BCUT2D eigenvalue weighted by Gasteiger charge is 2.13. The average Bonchev–Trinajstić information content (AvgIpc) is 3.55. The molecule has 0 spiro atoms. The number of hydrogen-bond acceptors (Lipinski definition) is 8. The molecule has 5 aromatic rings. The van der Waals surface area contributed by atoms with Crippen LogP contribution in [0.3, 0.4) is 0 Å². The van der Waals surface area contributed by atoms with Gasteiger partial charge in [0, 0.05) is 57.3 Å². The molecule has 0 saturated heterocycles. The van der Waals surface area contributed by atoms with E-state index in [0.29, 0.717) is 0 Å². The van der Waals surface area contributed by atoms with Gasteiger partial charge in [-0.25, -0.2) is 9.97 Å². The van der Waals surface area contributed by atoms with Gasteiger partial charge in [0.05, 0.1) is 21.2 Å². The number of thiazole rings is 2. The fraction of sp³-hybridized carbons (Fsp3) is 0. The van der Waals surface area contributed by atoms with Crippen molar-refractivity contribution in [2.75, 3.05) is 0 Å². The Morgan fingerprint density at radius 1 is 0.588 bits per heavy atom. The van der Waals surface area contributed by atoms with Crippen LogP contribution in [0.25, 0.3) is 43.7 Å². The van der Waals surface area contributed by atoms with E-state index < -0.39 is 9.85 Å². The molecule has 2 aromatic heterocycles. The summed E-state index contributed by atoms with van der Waals surface area (Å²) in [5.41, 5.74) is 5.14. The lowest BCUT2D eigenvalue weighted by molar-refractivity contribution is -0.385.